The highest BCUT2D eigenvalue weighted by molar-refractivity contribution is 5.70. The van der Waals surface area contributed by atoms with Gasteiger partial charge >= 0.3 is 11.9 Å². The third kappa shape index (κ3) is 33.5. The standard InChI is InChI=1S/C39H74O5/c1-3-5-7-9-11-13-15-17-18-19-20-22-24-26-28-30-32-34-39(42)44-37(35-40)36-43-38(41)33-31-29-27-25-23-21-16-14-12-10-8-6-4-2/h17-18,37,40H,3-16,19-36H2,1-2H3/b18-17-/t37-/m0/s1. The molecule has 0 radical (unpaired) electrons. The van der Waals surface area contributed by atoms with Gasteiger partial charge < -0.3 is 14.6 Å². The second-order valence-corrected chi connectivity index (χ2v) is 13.0. The van der Waals surface area contributed by atoms with E-state index in [4.69, 9.17) is 9.47 Å². The summed E-state index contributed by atoms with van der Waals surface area (Å²) >= 11 is 0. The van der Waals surface area contributed by atoms with Gasteiger partial charge in [0.2, 0.25) is 0 Å². The summed E-state index contributed by atoms with van der Waals surface area (Å²) in [5.41, 5.74) is 0. The summed E-state index contributed by atoms with van der Waals surface area (Å²) in [6.45, 7) is 4.14. The summed E-state index contributed by atoms with van der Waals surface area (Å²) in [4.78, 5) is 24.2. The van der Waals surface area contributed by atoms with Crippen LogP contribution in [0.2, 0.25) is 0 Å². The van der Waals surface area contributed by atoms with Crippen LogP contribution in [-0.2, 0) is 19.1 Å². The molecule has 5 heteroatoms. The molecule has 1 N–H and O–H groups in total. The van der Waals surface area contributed by atoms with Crippen LogP contribution in [0.1, 0.15) is 206 Å². The molecule has 1 atom stereocenters. The molecule has 0 saturated carbocycles. The van der Waals surface area contributed by atoms with Crippen molar-refractivity contribution in [3.63, 3.8) is 0 Å². The van der Waals surface area contributed by atoms with E-state index in [9.17, 15) is 14.7 Å². The average molecular weight is 623 g/mol. The molecule has 0 aliphatic heterocycles. The van der Waals surface area contributed by atoms with Crippen molar-refractivity contribution >= 4 is 11.9 Å². The van der Waals surface area contributed by atoms with Gasteiger partial charge in [-0.05, 0) is 38.5 Å². The van der Waals surface area contributed by atoms with Crippen LogP contribution in [0, 0.1) is 0 Å². The highest BCUT2D eigenvalue weighted by Crippen LogP contribution is 2.14. The number of unbranched alkanes of at least 4 members (excludes halogenated alkanes) is 25. The lowest BCUT2D eigenvalue weighted by molar-refractivity contribution is -0.161. The van der Waals surface area contributed by atoms with Crippen LogP contribution in [0.5, 0.6) is 0 Å². The number of aliphatic hydroxyl groups is 1. The Morgan fingerprint density at radius 1 is 0.500 bits per heavy atom. The molecule has 0 aromatic heterocycles. The number of hydrogen-bond donors (Lipinski definition) is 1. The molecule has 0 fully saturated rings. The van der Waals surface area contributed by atoms with Gasteiger partial charge in [-0.15, -0.1) is 0 Å². The van der Waals surface area contributed by atoms with E-state index in [0.717, 1.165) is 38.5 Å². The fraction of sp³-hybridized carbons (Fsp3) is 0.897. The minimum Gasteiger partial charge on any atom is -0.462 e. The van der Waals surface area contributed by atoms with Crippen molar-refractivity contribution in [2.24, 2.45) is 0 Å². The Kier molecular flexibility index (Phi) is 35.0. The molecule has 0 rings (SSSR count). The van der Waals surface area contributed by atoms with Gasteiger partial charge in [0, 0.05) is 12.8 Å². The second-order valence-electron chi connectivity index (χ2n) is 13.0. The largest absolute Gasteiger partial charge is 0.462 e. The fourth-order valence-corrected chi connectivity index (χ4v) is 5.61. The highest BCUT2D eigenvalue weighted by Gasteiger charge is 2.16. The van der Waals surface area contributed by atoms with Crippen molar-refractivity contribution < 1.29 is 24.2 Å². The number of allylic oxidation sites excluding steroid dienone is 2. The van der Waals surface area contributed by atoms with E-state index in [0.29, 0.717) is 12.8 Å². The van der Waals surface area contributed by atoms with Crippen LogP contribution in [0.15, 0.2) is 12.2 Å². The predicted octanol–water partition coefficient (Wildman–Crippen LogP) is 11.7. The molecule has 0 aromatic carbocycles. The summed E-state index contributed by atoms with van der Waals surface area (Å²) in [6.07, 6.45) is 39.8. The van der Waals surface area contributed by atoms with Gasteiger partial charge in [-0.1, -0.05) is 167 Å². The molecular weight excluding hydrogens is 548 g/mol. The first-order valence-corrected chi connectivity index (χ1v) is 19.2. The van der Waals surface area contributed by atoms with E-state index in [-0.39, 0.29) is 25.2 Å². The molecule has 260 valence electrons. The van der Waals surface area contributed by atoms with Crippen molar-refractivity contribution in [3.8, 4) is 0 Å². The minimum atomic E-state index is -0.766. The van der Waals surface area contributed by atoms with E-state index in [2.05, 4.69) is 26.0 Å². The summed E-state index contributed by atoms with van der Waals surface area (Å²) < 4.78 is 10.6. The maximum Gasteiger partial charge on any atom is 0.306 e. The van der Waals surface area contributed by atoms with Crippen molar-refractivity contribution in [2.75, 3.05) is 13.2 Å². The lowest BCUT2D eigenvalue weighted by atomic mass is 10.0. The molecule has 0 amide bonds. The van der Waals surface area contributed by atoms with E-state index in [1.165, 1.54) is 141 Å². The topological polar surface area (TPSA) is 72.8 Å². The molecular formula is C39H74O5. The minimum absolute atomic E-state index is 0.0618. The van der Waals surface area contributed by atoms with Crippen LogP contribution in [0.4, 0.5) is 0 Å². The highest BCUT2D eigenvalue weighted by atomic mass is 16.6. The number of ether oxygens (including phenoxy) is 2. The monoisotopic (exact) mass is 623 g/mol. The first kappa shape index (κ1) is 42.6. The van der Waals surface area contributed by atoms with E-state index < -0.39 is 6.10 Å². The van der Waals surface area contributed by atoms with Crippen molar-refractivity contribution in [1.29, 1.82) is 0 Å². The zero-order chi connectivity index (χ0) is 32.2. The molecule has 0 heterocycles. The Hall–Kier alpha value is -1.36. The van der Waals surface area contributed by atoms with Gasteiger partial charge in [0.25, 0.3) is 0 Å². The maximum atomic E-state index is 12.1. The third-order valence-electron chi connectivity index (χ3n) is 8.56. The smallest absolute Gasteiger partial charge is 0.306 e. The Labute approximate surface area is 273 Å². The Balaban J connectivity index is 3.53. The number of carbonyl (C=O) groups is 2. The number of hydrogen-bond acceptors (Lipinski definition) is 5. The molecule has 0 unspecified atom stereocenters. The Morgan fingerprint density at radius 3 is 1.23 bits per heavy atom. The summed E-state index contributed by atoms with van der Waals surface area (Å²) in [7, 11) is 0. The van der Waals surface area contributed by atoms with E-state index >= 15 is 0 Å². The molecule has 0 saturated heterocycles. The van der Waals surface area contributed by atoms with Gasteiger partial charge in [0.15, 0.2) is 6.10 Å². The van der Waals surface area contributed by atoms with Crippen molar-refractivity contribution in [3.05, 3.63) is 12.2 Å². The number of carbonyl (C=O) groups excluding carboxylic acids is 2. The second kappa shape index (κ2) is 36.1. The molecule has 0 spiro atoms. The lowest BCUT2D eigenvalue weighted by Crippen LogP contribution is -2.28. The third-order valence-corrected chi connectivity index (χ3v) is 8.56. The van der Waals surface area contributed by atoms with Gasteiger partial charge in [-0.2, -0.15) is 0 Å². The number of rotatable bonds is 35. The fourth-order valence-electron chi connectivity index (χ4n) is 5.61. The van der Waals surface area contributed by atoms with E-state index in [1.54, 1.807) is 0 Å². The predicted molar refractivity (Wildman–Crippen MR) is 187 cm³/mol. The Morgan fingerprint density at radius 2 is 0.841 bits per heavy atom. The van der Waals surface area contributed by atoms with Crippen LogP contribution in [0.3, 0.4) is 0 Å². The van der Waals surface area contributed by atoms with Crippen LogP contribution >= 0.6 is 0 Å². The van der Waals surface area contributed by atoms with Gasteiger partial charge in [-0.25, -0.2) is 0 Å². The summed E-state index contributed by atoms with van der Waals surface area (Å²) in [6, 6.07) is 0. The van der Waals surface area contributed by atoms with Gasteiger partial charge in [-0.3, -0.25) is 9.59 Å². The summed E-state index contributed by atoms with van der Waals surface area (Å²) in [5, 5.41) is 9.53. The summed E-state index contributed by atoms with van der Waals surface area (Å²) in [5.74, 6) is -0.587. The van der Waals surface area contributed by atoms with Crippen molar-refractivity contribution in [2.45, 2.75) is 213 Å². The zero-order valence-electron chi connectivity index (χ0n) is 29.4. The molecule has 5 nitrogen and oxygen atoms in total. The zero-order valence-corrected chi connectivity index (χ0v) is 29.4. The Bertz CT molecular complexity index is 632. The molecule has 44 heavy (non-hydrogen) atoms. The van der Waals surface area contributed by atoms with E-state index in [1.807, 2.05) is 0 Å². The van der Waals surface area contributed by atoms with Gasteiger partial charge in [0.1, 0.15) is 6.61 Å². The first-order chi connectivity index (χ1) is 21.6. The molecule has 0 bridgehead atoms. The number of esters is 2. The first-order valence-electron chi connectivity index (χ1n) is 19.2. The normalized spacial score (nSPS) is 12.2. The van der Waals surface area contributed by atoms with Gasteiger partial charge in [0.05, 0.1) is 6.61 Å². The SMILES string of the molecule is CCCCCCCC/C=C\CCCCCCCCCC(=O)O[C@@H](CO)COC(=O)CCCCCCCCCCCCCCC. The maximum absolute atomic E-state index is 12.1. The van der Waals surface area contributed by atoms with Crippen LogP contribution in [0.25, 0.3) is 0 Å². The molecule has 0 aromatic rings. The average Bonchev–Trinajstić information content (AvgIpc) is 3.02. The molecule has 0 aliphatic rings. The van der Waals surface area contributed by atoms with Crippen LogP contribution in [-0.4, -0.2) is 36.4 Å². The quantitative estimate of drug-likeness (QED) is 0.0432. The number of aliphatic hydroxyl groups excluding tert-OH is 1. The lowest BCUT2D eigenvalue weighted by Gasteiger charge is -2.15. The van der Waals surface area contributed by atoms with Crippen molar-refractivity contribution in [1.82, 2.24) is 0 Å². The van der Waals surface area contributed by atoms with Crippen LogP contribution < -0.4 is 0 Å². The molecule has 0 aliphatic carbocycles.